The van der Waals surface area contributed by atoms with Gasteiger partial charge < -0.3 is 15.4 Å². The van der Waals surface area contributed by atoms with Gasteiger partial charge in [-0.1, -0.05) is 37.8 Å². The molecule has 5 heteroatoms. The lowest BCUT2D eigenvalue weighted by atomic mass is 10.1. The van der Waals surface area contributed by atoms with Gasteiger partial charge in [0.2, 0.25) is 0 Å². The molecule has 0 saturated carbocycles. The van der Waals surface area contributed by atoms with Gasteiger partial charge in [-0.25, -0.2) is 9.59 Å². The van der Waals surface area contributed by atoms with Crippen LogP contribution in [-0.2, 0) is 4.74 Å². The van der Waals surface area contributed by atoms with Crippen molar-refractivity contribution in [1.29, 1.82) is 0 Å². The summed E-state index contributed by atoms with van der Waals surface area (Å²) < 4.78 is 4.71. The molecule has 2 N–H and O–H groups in total. The highest BCUT2D eigenvalue weighted by Crippen LogP contribution is 2.11. The summed E-state index contributed by atoms with van der Waals surface area (Å²) >= 11 is 0. The van der Waals surface area contributed by atoms with Gasteiger partial charge in [-0.3, -0.25) is 0 Å². The third-order valence-electron chi connectivity index (χ3n) is 3.76. The number of esters is 1. The summed E-state index contributed by atoms with van der Waals surface area (Å²) in [5, 5.41) is 5.64. The minimum Gasteiger partial charge on any atom is -0.465 e. The summed E-state index contributed by atoms with van der Waals surface area (Å²) in [7, 11) is 1.35. The van der Waals surface area contributed by atoms with Crippen LogP contribution < -0.4 is 10.6 Å². The van der Waals surface area contributed by atoms with Crippen LogP contribution in [0.2, 0.25) is 0 Å². The molecule has 2 rings (SSSR count). The topological polar surface area (TPSA) is 67.4 Å². The molecule has 27 heavy (non-hydrogen) atoms. The zero-order valence-electron chi connectivity index (χ0n) is 15.8. The van der Waals surface area contributed by atoms with Crippen molar-refractivity contribution in [2.45, 2.75) is 20.3 Å². The van der Waals surface area contributed by atoms with Crippen molar-refractivity contribution in [3.8, 4) is 11.8 Å². The minimum absolute atomic E-state index is 0.230. The predicted molar refractivity (Wildman–Crippen MR) is 107 cm³/mol. The number of nitrogens with one attached hydrogen (secondary N) is 2. The third kappa shape index (κ3) is 6.87. The largest absolute Gasteiger partial charge is 0.465 e. The molecule has 0 atom stereocenters. The Labute approximate surface area is 160 Å². The first-order valence-electron chi connectivity index (χ1n) is 8.83. The molecule has 0 spiro atoms. The highest BCUT2D eigenvalue weighted by Gasteiger charge is 2.05. The number of anilines is 1. The summed E-state index contributed by atoms with van der Waals surface area (Å²) in [6, 6.07) is 14.0. The van der Waals surface area contributed by atoms with E-state index in [-0.39, 0.29) is 6.03 Å². The number of ether oxygens (including phenoxy) is 1. The fraction of sp³-hybridized carbons (Fsp3) is 0.273. The molecule has 5 nitrogen and oxygen atoms in total. The van der Waals surface area contributed by atoms with Crippen LogP contribution in [0.25, 0.3) is 0 Å². The van der Waals surface area contributed by atoms with Crippen LogP contribution in [0.5, 0.6) is 0 Å². The number of rotatable bonds is 5. The zero-order chi connectivity index (χ0) is 19.6. The van der Waals surface area contributed by atoms with Crippen molar-refractivity contribution in [3.63, 3.8) is 0 Å². The fourth-order valence-corrected chi connectivity index (χ4v) is 2.31. The maximum absolute atomic E-state index is 11.9. The van der Waals surface area contributed by atoms with Crippen molar-refractivity contribution in [1.82, 2.24) is 5.32 Å². The lowest BCUT2D eigenvalue weighted by Crippen LogP contribution is -2.30. The van der Waals surface area contributed by atoms with E-state index in [1.807, 2.05) is 24.3 Å². The van der Waals surface area contributed by atoms with Crippen LogP contribution in [0.1, 0.15) is 41.8 Å². The van der Waals surface area contributed by atoms with E-state index < -0.39 is 5.97 Å². The van der Waals surface area contributed by atoms with Gasteiger partial charge in [0.1, 0.15) is 0 Å². The molecule has 0 aliphatic carbocycles. The molecule has 0 fully saturated rings. The molecule has 0 heterocycles. The Bertz CT molecular complexity index is 863. The molecular formula is C22H24N2O3. The summed E-state index contributed by atoms with van der Waals surface area (Å²) in [4.78, 5) is 23.5. The fourth-order valence-electron chi connectivity index (χ4n) is 2.31. The summed E-state index contributed by atoms with van der Waals surface area (Å²) in [6.07, 6.45) is 0.934. The maximum Gasteiger partial charge on any atom is 0.337 e. The standard InChI is InChI=1S/C22H24N2O3/c1-16(2)12-13-23-22(26)24-20-9-5-7-18(15-20)11-10-17-6-4-8-19(14-17)21(25)27-3/h4-9,14-16H,12-13H2,1-3H3,(H2,23,24,26). The van der Waals surface area contributed by atoms with Gasteiger partial charge in [-0.15, -0.1) is 0 Å². The molecule has 0 aliphatic heterocycles. The lowest BCUT2D eigenvalue weighted by Gasteiger charge is -2.09. The highest BCUT2D eigenvalue weighted by molar-refractivity contribution is 5.90. The molecule has 0 radical (unpaired) electrons. The van der Waals surface area contributed by atoms with Gasteiger partial charge in [0, 0.05) is 23.4 Å². The normalized spacial score (nSPS) is 9.93. The van der Waals surface area contributed by atoms with E-state index in [1.54, 1.807) is 24.3 Å². The smallest absolute Gasteiger partial charge is 0.337 e. The Kier molecular flexibility index (Phi) is 7.45. The molecule has 0 aromatic heterocycles. The average Bonchev–Trinajstić information content (AvgIpc) is 2.66. The molecule has 140 valence electrons. The third-order valence-corrected chi connectivity index (χ3v) is 3.76. The van der Waals surface area contributed by atoms with Crippen LogP contribution in [0.4, 0.5) is 10.5 Å². The van der Waals surface area contributed by atoms with E-state index in [2.05, 4.69) is 36.3 Å². The maximum atomic E-state index is 11.9. The SMILES string of the molecule is COC(=O)c1cccc(C#Cc2cccc(NC(=O)NCCC(C)C)c2)c1. The number of urea groups is 1. The van der Waals surface area contributed by atoms with Crippen molar-refractivity contribution in [2.24, 2.45) is 5.92 Å². The number of carbonyl (C=O) groups excluding carboxylic acids is 2. The van der Waals surface area contributed by atoms with E-state index in [1.165, 1.54) is 7.11 Å². The Morgan fingerprint density at radius 2 is 1.70 bits per heavy atom. The molecule has 2 aromatic rings. The number of carbonyl (C=O) groups is 2. The molecule has 2 aromatic carbocycles. The first-order valence-corrected chi connectivity index (χ1v) is 8.83. The van der Waals surface area contributed by atoms with Gasteiger partial charge in [-0.05, 0) is 48.7 Å². The van der Waals surface area contributed by atoms with E-state index in [0.717, 1.165) is 12.0 Å². The zero-order valence-corrected chi connectivity index (χ0v) is 15.8. The second-order valence-corrected chi connectivity index (χ2v) is 6.47. The second kappa shape index (κ2) is 10.0. The molecule has 0 unspecified atom stereocenters. The Morgan fingerprint density at radius 3 is 2.37 bits per heavy atom. The van der Waals surface area contributed by atoms with E-state index in [0.29, 0.717) is 29.3 Å². The monoisotopic (exact) mass is 364 g/mol. The first-order chi connectivity index (χ1) is 13.0. The average molecular weight is 364 g/mol. The van der Waals surface area contributed by atoms with Gasteiger partial charge >= 0.3 is 12.0 Å². The van der Waals surface area contributed by atoms with Crippen LogP contribution >= 0.6 is 0 Å². The summed E-state index contributed by atoms with van der Waals surface area (Å²) in [6.45, 7) is 4.87. The van der Waals surface area contributed by atoms with Gasteiger partial charge in [-0.2, -0.15) is 0 Å². The molecular weight excluding hydrogens is 340 g/mol. The van der Waals surface area contributed by atoms with Crippen molar-refractivity contribution in [2.75, 3.05) is 19.0 Å². The van der Waals surface area contributed by atoms with E-state index >= 15 is 0 Å². The molecule has 0 aliphatic rings. The van der Waals surface area contributed by atoms with Crippen molar-refractivity contribution < 1.29 is 14.3 Å². The molecule has 0 saturated heterocycles. The number of amides is 2. The summed E-state index contributed by atoms with van der Waals surface area (Å²) in [5.41, 5.74) is 2.60. The minimum atomic E-state index is -0.395. The van der Waals surface area contributed by atoms with Crippen LogP contribution in [-0.4, -0.2) is 25.7 Å². The lowest BCUT2D eigenvalue weighted by molar-refractivity contribution is 0.0600. The Balaban J connectivity index is 2.03. The van der Waals surface area contributed by atoms with Gasteiger partial charge in [0.05, 0.1) is 12.7 Å². The Morgan fingerprint density at radius 1 is 1.04 bits per heavy atom. The molecule has 2 amide bonds. The quantitative estimate of drug-likeness (QED) is 0.621. The number of hydrogen-bond donors (Lipinski definition) is 2. The van der Waals surface area contributed by atoms with E-state index in [9.17, 15) is 9.59 Å². The van der Waals surface area contributed by atoms with Crippen LogP contribution in [0.15, 0.2) is 48.5 Å². The number of hydrogen-bond acceptors (Lipinski definition) is 3. The van der Waals surface area contributed by atoms with E-state index in [4.69, 9.17) is 4.74 Å². The first kappa shape index (κ1) is 20.1. The van der Waals surface area contributed by atoms with Crippen LogP contribution in [0, 0.1) is 17.8 Å². The second-order valence-electron chi connectivity index (χ2n) is 6.47. The molecule has 0 bridgehead atoms. The Hall–Kier alpha value is -3.26. The number of methoxy groups -OCH3 is 1. The van der Waals surface area contributed by atoms with Gasteiger partial charge in [0.25, 0.3) is 0 Å². The van der Waals surface area contributed by atoms with Crippen LogP contribution in [0.3, 0.4) is 0 Å². The van der Waals surface area contributed by atoms with Crippen molar-refractivity contribution in [3.05, 3.63) is 65.2 Å². The van der Waals surface area contributed by atoms with Crippen molar-refractivity contribution >= 4 is 17.7 Å². The van der Waals surface area contributed by atoms with Gasteiger partial charge in [0.15, 0.2) is 0 Å². The summed E-state index contributed by atoms with van der Waals surface area (Å²) in [5.74, 6) is 6.21. The highest BCUT2D eigenvalue weighted by atomic mass is 16.5. The predicted octanol–water partition coefficient (Wildman–Crippen LogP) is 4.04. The number of benzene rings is 2.